The highest BCUT2D eigenvalue weighted by Crippen LogP contribution is 2.31. The first-order valence-corrected chi connectivity index (χ1v) is 11.1. The third-order valence-corrected chi connectivity index (χ3v) is 5.50. The third-order valence-electron chi connectivity index (χ3n) is 5.50. The molecule has 174 valence electrons. The zero-order valence-corrected chi connectivity index (χ0v) is 18.8. The van der Waals surface area contributed by atoms with Gasteiger partial charge in [0.1, 0.15) is 0 Å². The molecule has 0 bridgehead atoms. The van der Waals surface area contributed by atoms with Gasteiger partial charge in [0.15, 0.2) is 28.9 Å². The average Bonchev–Trinajstić information content (AvgIpc) is 2.81. The van der Waals surface area contributed by atoms with Crippen LogP contribution in [0.15, 0.2) is 48.5 Å². The fourth-order valence-electron chi connectivity index (χ4n) is 3.76. The van der Waals surface area contributed by atoms with Gasteiger partial charge in [-0.1, -0.05) is 49.7 Å². The molecule has 3 aromatic rings. The Labute approximate surface area is 191 Å². The molecule has 0 saturated heterocycles. The Morgan fingerprint density at radius 3 is 2.27 bits per heavy atom. The fourth-order valence-corrected chi connectivity index (χ4v) is 3.76. The van der Waals surface area contributed by atoms with Crippen LogP contribution in [-0.4, -0.2) is 17.5 Å². The number of benzene rings is 3. The van der Waals surface area contributed by atoms with E-state index in [9.17, 15) is 23.1 Å². The molecule has 0 aliphatic rings. The minimum Gasteiger partial charge on any atom is -0.504 e. The van der Waals surface area contributed by atoms with Gasteiger partial charge < -0.3 is 9.84 Å². The molecule has 3 rings (SSSR count). The fraction of sp³-hybridized carbons (Fsp3) is 0.296. The number of carbonyl (C=O) groups excluding carboxylic acids is 1. The van der Waals surface area contributed by atoms with E-state index in [4.69, 9.17) is 4.74 Å². The number of carbonyl (C=O) groups is 1. The second-order valence-electron chi connectivity index (χ2n) is 7.83. The molecule has 3 aromatic carbocycles. The number of aryl methyl sites for hydroxylation is 2. The van der Waals surface area contributed by atoms with Gasteiger partial charge in [-0.25, -0.2) is 8.78 Å². The van der Waals surface area contributed by atoms with E-state index < -0.39 is 29.0 Å². The molecule has 0 spiro atoms. The molecule has 0 aromatic heterocycles. The van der Waals surface area contributed by atoms with Gasteiger partial charge >= 0.3 is 0 Å². The number of phenolic OH excluding ortho intramolecular Hbond substituents is 1. The lowest BCUT2D eigenvalue weighted by atomic mass is 9.97. The summed E-state index contributed by atoms with van der Waals surface area (Å²) in [7, 11) is 0. The van der Waals surface area contributed by atoms with Gasteiger partial charge in [0.05, 0.1) is 12.2 Å². The van der Waals surface area contributed by atoms with Crippen molar-refractivity contribution < 1.29 is 27.8 Å². The van der Waals surface area contributed by atoms with Gasteiger partial charge in [0.2, 0.25) is 5.82 Å². The molecule has 0 heterocycles. The van der Waals surface area contributed by atoms with E-state index in [2.05, 4.69) is 6.92 Å². The number of Topliss-reactive ketones (excluding diaryl/α,β-unsaturated/α-hetero) is 1. The van der Waals surface area contributed by atoms with E-state index in [1.54, 1.807) is 19.1 Å². The van der Waals surface area contributed by atoms with Crippen LogP contribution in [0, 0.1) is 17.5 Å². The summed E-state index contributed by atoms with van der Waals surface area (Å²) >= 11 is 0. The van der Waals surface area contributed by atoms with Crippen molar-refractivity contribution in [2.24, 2.45) is 0 Å². The summed E-state index contributed by atoms with van der Waals surface area (Å²) in [4.78, 5) is 12.4. The molecule has 0 amide bonds. The maximum Gasteiger partial charge on any atom is 0.207 e. The lowest BCUT2D eigenvalue weighted by Gasteiger charge is -2.11. The van der Waals surface area contributed by atoms with E-state index in [1.165, 1.54) is 24.3 Å². The molecule has 0 aliphatic heterocycles. The van der Waals surface area contributed by atoms with Gasteiger partial charge in [-0.3, -0.25) is 4.79 Å². The van der Waals surface area contributed by atoms with E-state index in [1.807, 2.05) is 12.1 Å². The number of phenols is 1. The van der Waals surface area contributed by atoms with E-state index in [0.29, 0.717) is 5.56 Å². The molecular weight excluding hydrogens is 429 g/mol. The summed E-state index contributed by atoms with van der Waals surface area (Å²) in [5, 5.41) is 9.97. The zero-order valence-electron chi connectivity index (χ0n) is 18.8. The van der Waals surface area contributed by atoms with Crippen LogP contribution in [0.5, 0.6) is 11.5 Å². The Bertz CT molecular complexity index is 1120. The van der Waals surface area contributed by atoms with Crippen molar-refractivity contribution in [3.63, 3.8) is 0 Å². The maximum absolute atomic E-state index is 14.7. The number of aromatic hydroxyl groups is 1. The van der Waals surface area contributed by atoms with Crippen LogP contribution in [0.4, 0.5) is 13.2 Å². The van der Waals surface area contributed by atoms with Crippen LogP contribution in [-0.2, 0) is 12.8 Å². The highest BCUT2D eigenvalue weighted by Gasteiger charge is 2.19. The van der Waals surface area contributed by atoms with Gasteiger partial charge in [-0.05, 0) is 55.0 Å². The summed E-state index contributed by atoms with van der Waals surface area (Å²) in [5.41, 5.74) is 1.92. The Hall–Kier alpha value is -3.28. The van der Waals surface area contributed by atoms with Crippen LogP contribution < -0.4 is 4.74 Å². The normalized spacial score (nSPS) is 10.9. The smallest absolute Gasteiger partial charge is 0.207 e. The number of ether oxygens (including phenoxy) is 1. The summed E-state index contributed by atoms with van der Waals surface area (Å²) < 4.78 is 48.5. The molecule has 0 unspecified atom stereocenters. The summed E-state index contributed by atoms with van der Waals surface area (Å²) in [6, 6.07) is 13.0. The van der Waals surface area contributed by atoms with Gasteiger partial charge in [-0.15, -0.1) is 0 Å². The largest absolute Gasteiger partial charge is 0.504 e. The molecule has 0 fully saturated rings. The highest BCUT2D eigenvalue weighted by atomic mass is 19.2. The Kier molecular flexibility index (Phi) is 8.15. The summed E-state index contributed by atoms with van der Waals surface area (Å²) in [6.07, 6.45) is 2.23. The third kappa shape index (κ3) is 5.56. The molecule has 3 nitrogen and oxygen atoms in total. The van der Waals surface area contributed by atoms with Crippen molar-refractivity contribution in [3.05, 3.63) is 82.7 Å². The van der Waals surface area contributed by atoms with Crippen molar-refractivity contribution in [1.29, 1.82) is 0 Å². The molecule has 0 atom stereocenters. The van der Waals surface area contributed by atoms with E-state index in [-0.39, 0.29) is 48.3 Å². The number of rotatable bonds is 10. The van der Waals surface area contributed by atoms with E-state index >= 15 is 0 Å². The van der Waals surface area contributed by atoms with Crippen LogP contribution in [0.1, 0.15) is 54.6 Å². The predicted molar refractivity (Wildman–Crippen MR) is 122 cm³/mol. The van der Waals surface area contributed by atoms with Crippen LogP contribution >= 0.6 is 0 Å². The van der Waals surface area contributed by atoms with Crippen LogP contribution in [0.25, 0.3) is 11.1 Å². The number of hydrogen-bond donors (Lipinski definition) is 1. The predicted octanol–water partition coefficient (Wildman–Crippen LogP) is 7.03. The van der Waals surface area contributed by atoms with Crippen molar-refractivity contribution in [2.45, 2.75) is 46.0 Å². The monoisotopic (exact) mass is 456 g/mol. The molecule has 1 N–H and O–H groups in total. The minimum absolute atomic E-state index is 0.0529. The average molecular weight is 457 g/mol. The van der Waals surface area contributed by atoms with E-state index in [0.717, 1.165) is 18.4 Å². The Morgan fingerprint density at radius 2 is 1.61 bits per heavy atom. The Morgan fingerprint density at radius 1 is 0.879 bits per heavy atom. The van der Waals surface area contributed by atoms with Crippen molar-refractivity contribution in [3.8, 4) is 22.6 Å². The molecule has 0 radical (unpaired) electrons. The first-order valence-electron chi connectivity index (χ1n) is 11.1. The zero-order chi connectivity index (χ0) is 24.0. The molecule has 6 heteroatoms. The summed E-state index contributed by atoms with van der Waals surface area (Å²) in [6.45, 7) is 3.97. The highest BCUT2D eigenvalue weighted by molar-refractivity contribution is 5.98. The molecule has 33 heavy (non-hydrogen) atoms. The number of halogens is 3. The number of hydrogen-bond acceptors (Lipinski definition) is 3. The number of ketones is 1. The maximum atomic E-state index is 14.7. The topological polar surface area (TPSA) is 46.5 Å². The lowest BCUT2D eigenvalue weighted by Crippen LogP contribution is -2.04. The van der Waals surface area contributed by atoms with Crippen LogP contribution in [0.2, 0.25) is 0 Å². The minimum atomic E-state index is -0.992. The van der Waals surface area contributed by atoms with Crippen molar-refractivity contribution in [1.82, 2.24) is 0 Å². The molecular formula is C27H27F3O3. The van der Waals surface area contributed by atoms with Crippen molar-refractivity contribution in [2.75, 3.05) is 6.61 Å². The standard InChI is InChI=1S/C27H27F3O3/c1-3-6-17-9-11-18(12-10-17)20-14-13-19(24(28)25(20)29)7-5-8-22(31)21-15-16-23(33-4-2)26(30)27(21)32/h9-16,32H,3-8H2,1-2H3. The molecule has 0 aliphatic carbocycles. The molecule has 0 saturated carbocycles. The summed E-state index contributed by atoms with van der Waals surface area (Å²) in [5.74, 6) is -4.24. The lowest BCUT2D eigenvalue weighted by molar-refractivity contribution is 0.0976. The SMILES string of the molecule is CCCc1ccc(-c2ccc(CCCC(=O)c3ccc(OCC)c(F)c3O)c(F)c2F)cc1. The van der Waals surface area contributed by atoms with Gasteiger partial charge in [0.25, 0.3) is 0 Å². The first-order chi connectivity index (χ1) is 15.9. The quantitative estimate of drug-likeness (QED) is 0.333. The van der Waals surface area contributed by atoms with Gasteiger partial charge in [-0.2, -0.15) is 4.39 Å². The van der Waals surface area contributed by atoms with Crippen molar-refractivity contribution >= 4 is 5.78 Å². The van der Waals surface area contributed by atoms with Gasteiger partial charge in [0, 0.05) is 12.0 Å². The second-order valence-corrected chi connectivity index (χ2v) is 7.83. The first kappa shape index (κ1) is 24.4. The Balaban J connectivity index is 1.67. The second kappa shape index (κ2) is 11.0. The van der Waals surface area contributed by atoms with Crippen LogP contribution in [0.3, 0.4) is 0 Å².